The Balaban J connectivity index is -0.0000000270. The van der Waals surface area contributed by atoms with Crippen molar-refractivity contribution in [1.82, 2.24) is 6.15 Å². The van der Waals surface area contributed by atoms with Crippen molar-refractivity contribution in [2.24, 2.45) is 0 Å². The molecule has 0 heterocycles. The largest absolute Gasteiger partial charge is 0.631 e. The van der Waals surface area contributed by atoms with Gasteiger partial charge in [0, 0.05) is 0 Å². The molecule has 14 heteroatoms. The van der Waals surface area contributed by atoms with Crippen LogP contribution in [0, 0.1) is 0 Å². The fourth-order valence-corrected chi connectivity index (χ4v) is 0. The van der Waals surface area contributed by atoms with Gasteiger partial charge in [0.25, 0.3) is 0 Å². The molecule has 0 atom stereocenters. The quantitative estimate of drug-likeness (QED) is 0.178. The van der Waals surface area contributed by atoms with Crippen LogP contribution in [0.5, 0.6) is 0 Å². The average Bonchev–Trinajstić information content (AvgIpc) is 1.54. The zero-order valence-corrected chi connectivity index (χ0v) is 6.46. The third kappa shape index (κ3) is 14800. The first-order valence-electron chi connectivity index (χ1n) is 2.32. The second kappa shape index (κ2) is 23.3. The van der Waals surface area contributed by atoms with Crippen LogP contribution in [-0.2, 0) is 0 Å². The summed E-state index contributed by atoms with van der Waals surface area (Å²) in [4.78, 5) is 0. The molecule has 86 valence electrons. The lowest BCUT2D eigenvalue weighted by Gasteiger charge is -1.69. The van der Waals surface area contributed by atoms with Crippen molar-refractivity contribution in [1.29, 1.82) is 0 Å². The van der Waals surface area contributed by atoms with Crippen molar-refractivity contribution in [3.63, 3.8) is 0 Å². The zero-order valence-electron chi connectivity index (χ0n) is 6.46. The topological polar surface area (TPSA) is 217 Å². The van der Waals surface area contributed by atoms with E-state index in [4.69, 9.17) is 45.2 Å². The second-order valence-corrected chi connectivity index (χ2v) is 1.04. The fraction of sp³-hybridized carbons (Fsp3) is 0. The molecule has 0 saturated carbocycles. The van der Waals surface area contributed by atoms with Crippen LogP contribution in [0.2, 0.25) is 0 Å². The zero-order chi connectivity index (χ0) is 10.7. The van der Waals surface area contributed by atoms with Crippen LogP contribution >= 0.6 is 0 Å². The summed E-state index contributed by atoms with van der Waals surface area (Å²) in [6.07, 6.45) is 0. The highest BCUT2D eigenvalue weighted by molar-refractivity contribution is 6.31. The predicted octanol–water partition coefficient (Wildman–Crippen LogP) is -7.18. The maximum Gasteiger partial charge on any atom is 0.631 e. The van der Waals surface area contributed by atoms with Crippen molar-refractivity contribution >= 4 is 39.3 Å². The Hall–Kier alpha value is 0.327. The molecule has 0 aliphatic rings. The highest BCUT2D eigenvalue weighted by Crippen LogP contribution is 1.41. The van der Waals surface area contributed by atoms with Crippen molar-refractivity contribution in [3.8, 4) is 0 Å². The van der Waals surface area contributed by atoms with E-state index in [0.717, 1.165) is 0 Å². The summed E-state index contributed by atoms with van der Waals surface area (Å²) in [5.74, 6) is 0. The van der Waals surface area contributed by atoms with Crippen LogP contribution in [0.1, 0.15) is 0 Å². The smallest absolute Gasteiger partial charge is 0.402 e. The second-order valence-electron chi connectivity index (χ2n) is 1.04. The van der Waals surface area contributed by atoms with Crippen molar-refractivity contribution in [2.45, 2.75) is 0 Å². The molecular formula is H15AlB3NO9. The van der Waals surface area contributed by atoms with Crippen LogP contribution in [0.15, 0.2) is 0 Å². The van der Waals surface area contributed by atoms with Crippen LogP contribution in [0.4, 0.5) is 0 Å². The molecule has 0 aromatic carbocycles. The Morgan fingerprint density at radius 1 is 0.429 bits per heavy atom. The molecule has 0 fully saturated rings. The third-order valence-corrected chi connectivity index (χ3v) is 0. The Bertz CT molecular complexity index is 48.5. The van der Waals surface area contributed by atoms with Gasteiger partial charge in [0.05, 0.1) is 0 Å². The van der Waals surface area contributed by atoms with Gasteiger partial charge in [-0.1, -0.05) is 0 Å². The van der Waals surface area contributed by atoms with Crippen LogP contribution in [0.3, 0.4) is 0 Å². The first-order valence-corrected chi connectivity index (χ1v) is 2.32. The number of hydrogen-bond acceptors (Lipinski definition) is 10. The standard InChI is InChI=1S/Al.3BH3O3.H3N.3H/c;3*2-1(3)4;;;;/h;3*2-4H;1H3;;;. The van der Waals surface area contributed by atoms with Gasteiger partial charge in [-0.2, -0.15) is 0 Å². The van der Waals surface area contributed by atoms with Crippen molar-refractivity contribution in [3.05, 3.63) is 0 Å². The van der Waals surface area contributed by atoms with Gasteiger partial charge in [-0.15, -0.1) is 0 Å². The predicted molar refractivity (Wildman–Crippen MR) is 52.2 cm³/mol. The SMILES string of the molecule is N.OB(O)O.OB(O)O.OB(O)O.[AlH3]. The molecular weight excluding hydrogens is 217 g/mol. The maximum absolute atomic E-state index is 7.17. The summed E-state index contributed by atoms with van der Waals surface area (Å²) >= 11 is 0. The van der Waals surface area contributed by atoms with Crippen LogP contribution in [0.25, 0.3) is 0 Å². The van der Waals surface area contributed by atoms with E-state index < -0.39 is 22.0 Å². The lowest BCUT2D eigenvalue weighted by Crippen LogP contribution is -2.07. The molecule has 0 amide bonds. The molecule has 14 heavy (non-hydrogen) atoms. The minimum atomic E-state index is -2.17. The number of rotatable bonds is 0. The highest BCUT2D eigenvalue weighted by atomic mass is 27.0. The average molecular weight is 233 g/mol. The van der Waals surface area contributed by atoms with Gasteiger partial charge in [-0.3, -0.25) is 0 Å². The van der Waals surface area contributed by atoms with Gasteiger partial charge in [-0.05, 0) is 0 Å². The molecule has 0 aromatic rings. The van der Waals surface area contributed by atoms with E-state index in [1.807, 2.05) is 0 Å². The molecule has 0 rings (SSSR count). The first kappa shape index (κ1) is 29.3. The van der Waals surface area contributed by atoms with E-state index in [9.17, 15) is 0 Å². The summed E-state index contributed by atoms with van der Waals surface area (Å²) in [7, 11) is -6.50. The normalized spacial score (nSPS) is 5.79. The highest BCUT2D eigenvalue weighted by Gasteiger charge is 1.93. The summed E-state index contributed by atoms with van der Waals surface area (Å²) in [5, 5.41) is 64.5. The van der Waals surface area contributed by atoms with Gasteiger partial charge in [0.15, 0.2) is 17.4 Å². The van der Waals surface area contributed by atoms with Crippen LogP contribution < -0.4 is 6.15 Å². The van der Waals surface area contributed by atoms with E-state index in [-0.39, 0.29) is 23.5 Å². The van der Waals surface area contributed by atoms with Crippen LogP contribution in [-0.4, -0.2) is 84.5 Å². The molecule has 0 bridgehead atoms. The van der Waals surface area contributed by atoms with Crippen molar-refractivity contribution < 1.29 is 45.2 Å². The van der Waals surface area contributed by atoms with Crippen molar-refractivity contribution in [2.75, 3.05) is 0 Å². The summed E-state index contributed by atoms with van der Waals surface area (Å²) in [6, 6.07) is 0. The van der Waals surface area contributed by atoms with Gasteiger partial charge >= 0.3 is 22.0 Å². The fourth-order valence-electron chi connectivity index (χ4n) is 0. The van der Waals surface area contributed by atoms with Gasteiger partial charge in [-0.25, -0.2) is 0 Å². The molecule has 0 aliphatic heterocycles. The minimum Gasteiger partial charge on any atom is -0.402 e. The number of hydrogen-bond donors (Lipinski definition) is 10. The maximum atomic E-state index is 7.17. The molecule has 12 N–H and O–H groups in total. The summed E-state index contributed by atoms with van der Waals surface area (Å²) in [5.41, 5.74) is 0. The monoisotopic (exact) mass is 233 g/mol. The Morgan fingerprint density at radius 2 is 0.429 bits per heavy atom. The van der Waals surface area contributed by atoms with Gasteiger partial charge in [0.2, 0.25) is 0 Å². The summed E-state index contributed by atoms with van der Waals surface area (Å²) in [6.45, 7) is 0. The van der Waals surface area contributed by atoms with E-state index >= 15 is 0 Å². The molecule has 0 saturated heterocycles. The third-order valence-electron chi connectivity index (χ3n) is 0. The lowest BCUT2D eigenvalue weighted by atomic mass is 10.3. The van der Waals surface area contributed by atoms with E-state index in [2.05, 4.69) is 0 Å². The molecule has 0 aromatic heterocycles. The van der Waals surface area contributed by atoms with Gasteiger partial charge in [0.1, 0.15) is 0 Å². The Morgan fingerprint density at radius 3 is 0.429 bits per heavy atom. The molecule has 0 unspecified atom stereocenters. The Kier molecular flexibility index (Phi) is 48.6. The van der Waals surface area contributed by atoms with E-state index in [1.54, 1.807) is 0 Å². The lowest BCUT2D eigenvalue weighted by molar-refractivity contribution is 0.276. The minimum absolute atomic E-state index is 0. The molecule has 0 radical (unpaired) electrons. The van der Waals surface area contributed by atoms with E-state index in [0.29, 0.717) is 0 Å². The van der Waals surface area contributed by atoms with Gasteiger partial charge < -0.3 is 51.4 Å². The van der Waals surface area contributed by atoms with E-state index in [1.165, 1.54) is 0 Å². The Labute approximate surface area is 91.3 Å². The molecule has 0 spiro atoms. The first-order chi connectivity index (χ1) is 5.20. The summed E-state index contributed by atoms with van der Waals surface area (Å²) < 4.78 is 0. The molecule has 10 nitrogen and oxygen atoms in total. The molecule has 0 aliphatic carbocycles.